The van der Waals surface area contributed by atoms with Gasteiger partial charge in [-0.05, 0) is 139 Å². The summed E-state index contributed by atoms with van der Waals surface area (Å²) in [6.45, 7) is 37.0. The van der Waals surface area contributed by atoms with Gasteiger partial charge in [0.05, 0.1) is 22.5 Å². The van der Waals surface area contributed by atoms with Crippen LogP contribution in [0.2, 0.25) is 0 Å². The summed E-state index contributed by atoms with van der Waals surface area (Å²) in [5.41, 5.74) is 23.9. The highest BCUT2D eigenvalue weighted by atomic mass is 16.3. The lowest BCUT2D eigenvalue weighted by Crippen LogP contribution is -2.80. The van der Waals surface area contributed by atoms with Crippen LogP contribution in [0, 0.1) is 87.0 Å². The molecule has 2 aromatic carbocycles. The van der Waals surface area contributed by atoms with E-state index in [-0.39, 0.29) is 0 Å². The van der Waals surface area contributed by atoms with Crippen molar-refractivity contribution in [2.75, 3.05) is 5.73 Å². The number of fused-ring (bicyclic) bond motifs is 2. The van der Waals surface area contributed by atoms with Crippen molar-refractivity contribution in [2.24, 2.45) is 10.8 Å². The van der Waals surface area contributed by atoms with Crippen LogP contribution in [0.25, 0.3) is 38.9 Å². The van der Waals surface area contributed by atoms with Crippen LogP contribution in [-0.2, 0) is 5.41 Å². The molecule has 0 unspecified atom stereocenters. The Morgan fingerprint density at radius 3 is 1.56 bits per heavy atom. The van der Waals surface area contributed by atoms with Crippen molar-refractivity contribution < 1.29 is 5.11 Å². The number of imidazole rings is 1. The highest BCUT2D eigenvalue weighted by molar-refractivity contribution is 6.00. The van der Waals surface area contributed by atoms with Gasteiger partial charge >= 0.3 is 0 Å². The van der Waals surface area contributed by atoms with Crippen LogP contribution < -0.4 is 5.73 Å². The second-order valence-corrected chi connectivity index (χ2v) is 16.4. The molecule has 3 N–H and O–H groups in total. The summed E-state index contributed by atoms with van der Waals surface area (Å²) in [5.74, 6) is 1.35. The first-order valence-electron chi connectivity index (χ1n) is 17.3. The van der Waals surface area contributed by atoms with Crippen molar-refractivity contribution in [3.05, 3.63) is 73.3 Å². The van der Waals surface area contributed by atoms with Crippen molar-refractivity contribution in [3.8, 4) is 22.5 Å². The third kappa shape index (κ3) is 3.76. The first-order chi connectivity index (χ1) is 22.0. The number of nitrogen functional groups attached to an aromatic ring is 1. The Morgan fingerprint density at radius 1 is 0.562 bits per heavy atom. The predicted molar refractivity (Wildman–Crippen MR) is 201 cm³/mol. The third-order valence-corrected chi connectivity index (χ3v) is 14.4. The molecule has 6 rings (SSSR count). The van der Waals surface area contributed by atoms with E-state index in [1.54, 1.807) is 0 Å². The topological polar surface area (TPSA) is 89.3 Å². The van der Waals surface area contributed by atoms with Gasteiger partial charge in [0.1, 0.15) is 22.9 Å². The zero-order valence-corrected chi connectivity index (χ0v) is 32.4. The lowest BCUT2D eigenvalue weighted by atomic mass is 9.31. The van der Waals surface area contributed by atoms with Crippen LogP contribution in [0.5, 0.6) is 0 Å². The van der Waals surface area contributed by atoms with Crippen LogP contribution >= 0.6 is 0 Å². The van der Waals surface area contributed by atoms with Gasteiger partial charge in [-0.1, -0.05) is 34.6 Å². The molecule has 0 saturated heterocycles. The number of rotatable bonds is 3. The van der Waals surface area contributed by atoms with Gasteiger partial charge in [-0.3, -0.25) is 4.40 Å². The molecular weight excluding hydrogens is 590 g/mol. The molecule has 0 spiro atoms. The number of hydrogen-bond donors (Lipinski definition) is 2. The van der Waals surface area contributed by atoms with E-state index in [2.05, 4.69) is 114 Å². The number of benzene rings is 2. The van der Waals surface area contributed by atoms with E-state index in [0.717, 1.165) is 45.1 Å². The number of aryl methyl sites for hydroxylation is 4. The van der Waals surface area contributed by atoms with Gasteiger partial charge in [-0.2, -0.15) is 0 Å². The molecule has 48 heavy (non-hydrogen) atoms. The quantitative estimate of drug-likeness (QED) is 0.204. The summed E-state index contributed by atoms with van der Waals surface area (Å²) < 4.78 is 2.16. The monoisotopic (exact) mass is 645 g/mol. The van der Waals surface area contributed by atoms with Crippen molar-refractivity contribution in [1.29, 1.82) is 0 Å². The molecule has 5 aromatic rings. The average molecular weight is 646 g/mol. The molecule has 1 aliphatic carbocycles. The van der Waals surface area contributed by atoms with Crippen molar-refractivity contribution in [2.45, 2.75) is 129 Å². The Bertz CT molecular complexity index is 2200. The largest absolute Gasteiger partial charge is 0.389 e. The standard InChI is InChI=1S/C42H55N5O/c1-19-18-47-36(37(43)44-19)35(46-38(47)41(16)39(12,13)42(17,48)40(41,14)15)32-26(8)25(7)31-27(9)28(10)33(45-34(31)29(32)11)30-23(5)21(3)20(2)22(4)24(30)6/h18,48H,1-17H3,(H2,43,44). The fourth-order valence-corrected chi connectivity index (χ4v) is 9.57. The zero-order chi connectivity index (χ0) is 36.0. The van der Waals surface area contributed by atoms with E-state index in [1.165, 1.54) is 61.0 Å². The molecule has 0 aliphatic heterocycles. The van der Waals surface area contributed by atoms with Crippen LogP contribution in [0.4, 0.5) is 5.82 Å². The SMILES string of the molecule is Cc1cn2c(C3(C)C(C)(C)C(C)(O)C3(C)C)nc(-c3c(C)c(C)c4c(C)c(C)c(-c5c(C)c(C)c(C)c(C)c5C)nc4c3C)c2c(N)n1. The zero-order valence-electron chi connectivity index (χ0n) is 32.4. The molecular formula is C42H55N5O. The third-order valence-electron chi connectivity index (χ3n) is 14.4. The van der Waals surface area contributed by atoms with E-state index in [0.29, 0.717) is 5.82 Å². The summed E-state index contributed by atoms with van der Waals surface area (Å²) in [5, 5.41) is 13.0. The van der Waals surface area contributed by atoms with Gasteiger partial charge in [-0.25, -0.2) is 15.0 Å². The molecule has 1 fully saturated rings. The molecule has 1 aliphatic rings. The lowest BCUT2D eigenvalue weighted by Gasteiger charge is -2.74. The van der Waals surface area contributed by atoms with Crippen molar-refractivity contribution in [3.63, 3.8) is 0 Å². The number of anilines is 1. The molecule has 1 saturated carbocycles. The summed E-state index contributed by atoms with van der Waals surface area (Å²) >= 11 is 0. The predicted octanol–water partition coefficient (Wildman–Crippen LogP) is 9.66. The highest BCUT2D eigenvalue weighted by Gasteiger charge is 2.77. The fourth-order valence-electron chi connectivity index (χ4n) is 9.57. The number of nitrogens with two attached hydrogens (primary N) is 1. The number of nitrogens with zero attached hydrogens (tertiary/aromatic N) is 4. The van der Waals surface area contributed by atoms with E-state index in [1.807, 2.05) is 13.8 Å². The molecule has 3 heterocycles. The van der Waals surface area contributed by atoms with E-state index in [9.17, 15) is 5.11 Å². The number of hydrogen-bond acceptors (Lipinski definition) is 5. The number of aromatic nitrogens is 4. The van der Waals surface area contributed by atoms with Gasteiger partial charge in [0.15, 0.2) is 0 Å². The van der Waals surface area contributed by atoms with E-state index >= 15 is 0 Å². The Kier molecular flexibility index (Phi) is 7.20. The Labute approximate surface area is 287 Å². The first kappa shape index (κ1) is 34.1. The molecule has 0 atom stereocenters. The van der Waals surface area contributed by atoms with E-state index < -0.39 is 21.8 Å². The van der Waals surface area contributed by atoms with Gasteiger partial charge in [-0.15, -0.1) is 0 Å². The fraction of sp³-hybridized carbons (Fsp3) is 0.500. The van der Waals surface area contributed by atoms with Gasteiger partial charge in [0, 0.05) is 39.0 Å². The van der Waals surface area contributed by atoms with Crippen LogP contribution in [0.1, 0.15) is 109 Å². The summed E-state index contributed by atoms with van der Waals surface area (Å²) in [7, 11) is 0. The maximum atomic E-state index is 11.8. The Hall–Kier alpha value is -3.77. The maximum absolute atomic E-state index is 11.8. The van der Waals surface area contributed by atoms with Crippen LogP contribution in [0.15, 0.2) is 6.20 Å². The van der Waals surface area contributed by atoms with Crippen molar-refractivity contribution >= 4 is 22.2 Å². The molecule has 254 valence electrons. The summed E-state index contributed by atoms with van der Waals surface area (Å²) in [6, 6.07) is 0. The van der Waals surface area contributed by atoms with Gasteiger partial charge in [0.25, 0.3) is 0 Å². The first-order valence-corrected chi connectivity index (χ1v) is 17.3. The minimum atomic E-state index is -0.904. The minimum absolute atomic E-state index is 0.455. The second-order valence-electron chi connectivity index (χ2n) is 16.4. The molecule has 0 bridgehead atoms. The highest BCUT2D eigenvalue weighted by Crippen LogP contribution is 2.73. The lowest BCUT2D eigenvalue weighted by molar-refractivity contribution is -0.301. The molecule has 0 radical (unpaired) electrons. The van der Waals surface area contributed by atoms with Crippen LogP contribution in [0.3, 0.4) is 0 Å². The molecule has 0 amide bonds. The molecule has 3 aromatic heterocycles. The maximum Gasteiger partial charge on any atom is 0.150 e. The van der Waals surface area contributed by atoms with Gasteiger partial charge < -0.3 is 10.8 Å². The number of aliphatic hydroxyl groups is 1. The second kappa shape index (κ2) is 10.1. The normalized spacial score (nSPS) is 21.7. The summed E-state index contributed by atoms with van der Waals surface area (Å²) in [4.78, 5) is 15.9. The van der Waals surface area contributed by atoms with Gasteiger partial charge in [0.2, 0.25) is 0 Å². The smallest absolute Gasteiger partial charge is 0.150 e. The molecule has 6 heteroatoms. The molecule has 6 nitrogen and oxygen atoms in total. The average Bonchev–Trinajstić information content (AvgIpc) is 3.38. The Balaban J connectivity index is 1.75. The number of pyridine rings is 1. The van der Waals surface area contributed by atoms with Crippen molar-refractivity contribution in [1.82, 2.24) is 19.4 Å². The van der Waals surface area contributed by atoms with E-state index in [4.69, 9.17) is 20.7 Å². The summed E-state index contributed by atoms with van der Waals surface area (Å²) in [6.07, 6.45) is 2.05. The minimum Gasteiger partial charge on any atom is -0.389 e. The Morgan fingerprint density at radius 2 is 1.02 bits per heavy atom. The van der Waals surface area contributed by atoms with Crippen LogP contribution in [-0.4, -0.2) is 30.1 Å².